The first-order chi connectivity index (χ1) is 10.7. The van der Waals surface area contributed by atoms with Gasteiger partial charge in [0, 0.05) is 32.7 Å². The number of rotatable bonds is 9. The summed E-state index contributed by atoms with van der Waals surface area (Å²) in [6.45, 7) is 7.34. The smallest absolute Gasteiger partial charge is 0.244 e. The van der Waals surface area contributed by atoms with Crippen molar-refractivity contribution in [2.24, 2.45) is 0 Å². The van der Waals surface area contributed by atoms with E-state index in [0.29, 0.717) is 5.95 Å². The highest BCUT2D eigenvalue weighted by atomic mass is 16.5. The van der Waals surface area contributed by atoms with Crippen molar-refractivity contribution in [2.45, 2.75) is 6.42 Å². The number of morpholine rings is 1. The standard InChI is InChI=1S/C14H27N7O/c1-20(2)6-3-4-15-13-12-17-19-14(18-13)16-5-7-21-8-10-22-11-9-21/h12H,3-11H2,1-2H3,(H2,15,16,18,19). The quantitative estimate of drug-likeness (QED) is 0.616. The van der Waals surface area contributed by atoms with E-state index in [1.54, 1.807) is 6.20 Å². The predicted molar refractivity (Wildman–Crippen MR) is 87.2 cm³/mol. The number of nitrogens with zero attached hydrogens (tertiary/aromatic N) is 5. The average Bonchev–Trinajstić information content (AvgIpc) is 2.53. The molecule has 1 saturated heterocycles. The van der Waals surface area contributed by atoms with Gasteiger partial charge in [-0.15, -0.1) is 5.10 Å². The number of hydrogen-bond donors (Lipinski definition) is 2. The largest absolute Gasteiger partial charge is 0.379 e. The van der Waals surface area contributed by atoms with E-state index in [4.69, 9.17) is 4.74 Å². The van der Waals surface area contributed by atoms with Crippen LogP contribution >= 0.6 is 0 Å². The van der Waals surface area contributed by atoms with Crippen LogP contribution in [0.25, 0.3) is 0 Å². The molecule has 8 heteroatoms. The molecule has 0 saturated carbocycles. The van der Waals surface area contributed by atoms with Crippen molar-refractivity contribution in [1.29, 1.82) is 0 Å². The van der Waals surface area contributed by atoms with Crippen LogP contribution in [-0.2, 0) is 4.74 Å². The molecule has 1 aromatic heterocycles. The van der Waals surface area contributed by atoms with Crippen LogP contribution in [0.3, 0.4) is 0 Å². The second-order valence-electron chi connectivity index (χ2n) is 5.63. The Balaban J connectivity index is 1.66. The van der Waals surface area contributed by atoms with Crippen LogP contribution in [0.15, 0.2) is 6.20 Å². The van der Waals surface area contributed by atoms with Crippen LogP contribution in [-0.4, -0.2) is 91.6 Å². The van der Waals surface area contributed by atoms with Crippen molar-refractivity contribution < 1.29 is 4.74 Å². The summed E-state index contributed by atoms with van der Waals surface area (Å²) < 4.78 is 5.33. The topological polar surface area (TPSA) is 78.4 Å². The molecule has 1 fully saturated rings. The van der Waals surface area contributed by atoms with Gasteiger partial charge in [-0.05, 0) is 27.1 Å². The molecule has 1 aromatic rings. The van der Waals surface area contributed by atoms with E-state index in [0.717, 1.165) is 64.7 Å². The maximum absolute atomic E-state index is 5.33. The van der Waals surface area contributed by atoms with Gasteiger partial charge < -0.3 is 20.3 Å². The van der Waals surface area contributed by atoms with Crippen LogP contribution < -0.4 is 10.6 Å². The van der Waals surface area contributed by atoms with Crippen molar-refractivity contribution in [3.05, 3.63) is 6.20 Å². The lowest BCUT2D eigenvalue weighted by atomic mass is 10.4. The minimum Gasteiger partial charge on any atom is -0.379 e. The minimum atomic E-state index is 0.575. The molecule has 0 aliphatic carbocycles. The Bertz CT molecular complexity index is 423. The molecule has 0 unspecified atom stereocenters. The van der Waals surface area contributed by atoms with E-state index in [1.165, 1.54) is 0 Å². The summed E-state index contributed by atoms with van der Waals surface area (Å²) in [5.41, 5.74) is 0. The average molecular weight is 309 g/mol. The Morgan fingerprint density at radius 1 is 1.23 bits per heavy atom. The first kappa shape index (κ1) is 16.9. The molecule has 22 heavy (non-hydrogen) atoms. The summed E-state index contributed by atoms with van der Waals surface area (Å²) in [5, 5.41) is 14.5. The molecule has 0 spiro atoms. The van der Waals surface area contributed by atoms with Crippen LogP contribution in [0, 0.1) is 0 Å². The number of nitrogens with one attached hydrogen (secondary N) is 2. The lowest BCUT2D eigenvalue weighted by Gasteiger charge is -2.26. The summed E-state index contributed by atoms with van der Waals surface area (Å²) in [7, 11) is 4.14. The lowest BCUT2D eigenvalue weighted by molar-refractivity contribution is 0.0398. The highest BCUT2D eigenvalue weighted by Crippen LogP contribution is 2.04. The van der Waals surface area contributed by atoms with Gasteiger partial charge >= 0.3 is 0 Å². The minimum absolute atomic E-state index is 0.575. The molecule has 0 bridgehead atoms. The molecule has 0 atom stereocenters. The molecular weight excluding hydrogens is 282 g/mol. The second kappa shape index (κ2) is 9.50. The van der Waals surface area contributed by atoms with E-state index >= 15 is 0 Å². The SMILES string of the molecule is CN(C)CCCNc1cnnc(NCCN2CCOCC2)n1. The predicted octanol–water partition coefficient (Wildman–Crippen LogP) is -0.0207. The highest BCUT2D eigenvalue weighted by molar-refractivity contribution is 5.36. The van der Waals surface area contributed by atoms with Crippen molar-refractivity contribution in [2.75, 3.05) is 77.2 Å². The van der Waals surface area contributed by atoms with Gasteiger partial charge in [0.25, 0.3) is 0 Å². The van der Waals surface area contributed by atoms with E-state index < -0.39 is 0 Å². The molecule has 8 nitrogen and oxygen atoms in total. The summed E-state index contributed by atoms with van der Waals surface area (Å²) in [6, 6.07) is 0. The Morgan fingerprint density at radius 3 is 2.82 bits per heavy atom. The molecule has 2 heterocycles. The third kappa shape index (κ3) is 6.50. The zero-order valence-corrected chi connectivity index (χ0v) is 13.6. The molecule has 2 rings (SSSR count). The van der Waals surface area contributed by atoms with Crippen molar-refractivity contribution in [3.63, 3.8) is 0 Å². The van der Waals surface area contributed by atoms with Crippen molar-refractivity contribution in [3.8, 4) is 0 Å². The van der Waals surface area contributed by atoms with E-state index in [1.807, 2.05) is 0 Å². The summed E-state index contributed by atoms with van der Waals surface area (Å²) in [4.78, 5) is 8.95. The second-order valence-corrected chi connectivity index (χ2v) is 5.63. The normalized spacial score (nSPS) is 16.0. The Kier molecular flexibility index (Phi) is 7.27. The van der Waals surface area contributed by atoms with Crippen LogP contribution in [0.4, 0.5) is 11.8 Å². The molecule has 0 radical (unpaired) electrons. The van der Waals surface area contributed by atoms with Gasteiger partial charge in [-0.1, -0.05) is 0 Å². The molecule has 124 valence electrons. The summed E-state index contributed by atoms with van der Waals surface area (Å²) >= 11 is 0. The van der Waals surface area contributed by atoms with Gasteiger partial charge in [0.2, 0.25) is 5.95 Å². The Morgan fingerprint density at radius 2 is 2.05 bits per heavy atom. The first-order valence-corrected chi connectivity index (χ1v) is 7.86. The molecule has 1 aliphatic rings. The molecule has 1 aliphatic heterocycles. The Labute approximate surface area is 132 Å². The van der Waals surface area contributed by atoms with Crippen molar-refractivity contribution in [1.82, 2.24) is 25.0 Å². The molecule has 0 amide bonds. The lowest BCUT2D eigenvalue weighted by Crippen LogP contribution is -2.39. The molecular formula is C14H27N7O. The van der Waals surface area contributed by atoms with Gasteiger partial charge in [0.15, 0.2) is 5.82 Å². The van der Waals surface area contributed by atoms with Gasteiger partial charge in [0.1, 0.15) is 0 Å². The zero-order valence-electron chi connectivity index (χ0n) is 13.6. The maximum atomic E-state index is 5.33. The van der Waals surface area contributed by atoms with Gasteiger partial charge in [0.05, 0.1) is 19.4 Å². The van der Waals surface area contributed by atoms with Crippen LogP contribution in [0.5, 0.6) is 0 Å². The fraction of sp³-hybridized carbons (Fsp3) is 0.786. The Hall–Kier alpha value is -1.51. The van der Waals surface area contributed by atoms with E-state index in [2.05, 4.69) is 49.7 Å². The van der Waals surface area contributed by atoms with Gasteiger partial charge in [-0.25, -0.2) is 0 Å². The van der Waals surface area contributed by atoms with Gasteiger partial charge in [-0.2, -0.15) is 10.1 Å². The monoisotopic (exact) mass is 309 g/mol. The van der Waals surface area contributed by atoms with Crippen molar-refractivity contribution >= 4 is 11.8 Å². The summed E-state index contributed by atoms with van der Waals surface area (Å²) in [5.74, 6) is 1.34. The van der Waals surface area contributed by atoms with Crippen LogP contribution in [0.2, 0.25) is 0 Å². The number of ether oxygens (including phenoxy) is 1. The first-order valence-electron chi connectivity index (χ1n) is 7.86. The van der Waals surface area contributed by atoms with E-state index in [-0.39, 0.29) is 0 Å². The van der Waals surface area contributed by atoms with Gasteiger partial charge in [-0.3, -0.25) is 4.90 Å². The maximum Gasteiger partial charge on any atom is 0.244 e. The molecule has 2 N–H and O–H groups in total. The highest BCUT2D eigenvalue weighted by Gasteiger charge is 2.09. The fourth-order valence-electron chi connectivity index (χ4n) is 2.23. The summed E-state index contributed by atoms with van der Waals surface area (Å²) in [6.07, 6.45) is 2.72. The zero-order chi connectivity index (χ0) is 15.6. The van der Waals surface area contributed by atoms with Crippen LogP contribution in [0.1, 0.15) is 6.42 Å². The third-order valence-electron chi connectivity index (χ3n) is 3.46. The fourth-order valence-corrected chi connectivity index (χ4v) is 2.23. The molecule has 0 aromatic carbocycles. The number of anilines is 2. The number of aromatic nitrogens is 3. The van der Waals surface area contributed by atoms with E-state index in [9.17, 15) is 0 Å². The number of hydrogen-bond acceptors (Lipinski definition) is 8. The third-order valence-corrected chi connectivity index (χ3v) is 3.46.